The molecular weight excluding hydrogens is 248 g/mol. The Morgan fingerprint density at radius 1 is 1.20 bits per heavy atom. The summed E-state index contributed by atoms with van der Waals surface area (Å²) in [5.74, 6) is 0.966. The highest BCUT2D eigenvalue weighted by atomic mass is 16.5. The third-order valence-electron chi connectivity index (χ3n) is 3.63. The molecule has 0 radical (unpaired) electrons. The molecule has 0 unspecified atom stereocenters. The first kappa shape index (κ1) is 13.1. The summed E-state index contributed by atoms with van der Waals surface area (Å²) >= 11 is 0. The zero-order valence-corrected chi connectivity index (χ0v) is 11.8. The average Bonchev–Trinajstić information content (AvgIpc) is 2.90. The number of rotatable bonds is 4. The monoisotopic (exact) mass is 268 g/mol. The highest BCUT2D eigenvalue weighted by molar-refractivity contribution is 5.21. The van der Waals surface area contributed by atoms with Crippen LogP contribution in [0.3, 0.4) is 0 Å². The molecule has 1 atom stereocenters. The third-order valence-corrected chi connectivity index (χ3v) is 3.63. The van der Waals surface area contributed by atoms with Crippen molar-refractivity contribution in [2.75, 3.05) is 13.1 Å². The zero-order chi connectivity index (χ0) is 13.8. The maximum Gasteiger partial charge on any atom is 0.119 e. The Balaban J connectivity index is 1.53. The minimum Gasteiger partial charge on any atom is -0.489 e. The van der Waals surface area contributed by atoms with E-state index in [-0.39, 0.29) is 0 Å². The van der Waals surface area contributed by atoms with Crippen LogP contribution in [0.1, 0.15) is 17.7 Å². The molecule has 3 rings (SSSR count). The van der Waals surface area contributed by atoms with Gasteiger partial charge in [-0.2, -0.15) is 0 Å². The Morgan fingerprint density at radius 3 is 2.80 bits per heavy atom. The molecule has 1 aliphatic heterocycles. The van der Waals surface area contributed by atoms with E-state index in [1.807, 2.05) is 36.5 Å². The summed E-state index contributed by atoms with van der Waals surface area (Å²) in [5, 5.41) is 0. The van der Waals surface area contributed by atoms with Crippen LogP contribution in [-0.2, 0) is 6.54 Å². The number of ether oxygens (including phenoxy) is 1. The number of aryl methyl sites for hydroxylation is 1. The lowest BCUT2D eigenvalue weighted by Crippen LogP contribution is -2.24. The van der Waals surface area contributed by atoms with E-state index in [9.17, 15) is 0 Å². The summed E-state index contributed by atoms with van der Waals surface area (Å²) in [6, 6.07) is 14.3. The van der Waals surface area contributed by atoms with Crippen molar-refractivity contribution in [3.8, 4) is 5.75 Å². The number of para-hydroxylation sites is 1. The van der Waals surface area contributed by atoms with E-state index >= 15 is 0 Å². The first-order valence-electron chi connectivity index (χ1n) is 7.15. The Bertz CT molecular complexity index is 539. The van der Waals surface area contributed by atoms with E-state index < -0.39 is 0 Å². The zero-order valence-electron chi connectivity index (χ0n) is 11.8. The number of hydrogen-bond donors (Lipinski definition) is 0. The van der Waals surface area contributed by atoms with Gasteiger partial charge in [-0.1, -0.05) is 24.3 Å². The molecule has 2 aromatic rings. The summed E-state index contributed by atoms with van der Waals surface area (Å²) in [4.78, 5) is 6.88. The molecule has 2 heterocycles. The molecule has 0 spiro atoms. The topological polar surface area (TPSA) is 25.4 Å². The predicted molar refractivity (Wildman–Crippen MR) is 79.7 cm³/mol. The number of likely N-dealkylation sites (tertiary alicyclic amines) is 1. The highest BCUT2D eigenvalue weighted by Crippen LogP contribution is 2.19. The SMILES string of the molecule is Cc1ccc(CN2CC[C@@H](Oc3ccccc3)C2)nc1. The summed E-state index contributed by atoms with van der Waals surface area (Å²) < 4.78 is 6.00. The van der Waals surface area contributed by atoms with Gasteiger partial charge >= 0.3 is 0 Å². The molecular formula is C17H20N2O. The van der Waals surface area contributed by atoms with Crippen molar-refractivity contribution in [1.82, 2.24) is 9.88 Å². The van der Waals surface area contributed by atoms with Crippen LogP contribution in [0.2, 0.25) is 0 Å². The predicted octanol–water partition coefficient (Wildman–Crippen LogP) is 3.04. The summed E-state index contributed by atoms with van der Waals surface area (Å²) in [5.41, 5.74) is 2.34. The molecule has 1 fully saturated rings. The standard InChI is InChI=1S/C17H20N2O/c1-14-7-8-15(18-11-14)12-19-10-9-17(13-19)20-16-5-3-2-4-6-16/h2-8,11,17H,9-10,12-13H2,1H3/t17-/m1/s1. The van der Waals surface area contributed by atoms with E-state index in [0.717, 1.165) is 37.5 Å². The highest BCUT2D eigenvalue weighted by Gasteiger charge is 2.24. The fraction of sp³-hybridized carbons (Fsp3) is 0.353. The van der Waals surface area contributed by atoms with Gasteiger partial charge in [0, 0.05) is 25.8 Å². The molecule has 104 valence electrons. The van der Waals surface area contributed by atoms with Crippen LogP contribution in [0.15, 0.2) is 48.7 Å². The van der Waals surface area contributed by atoms with Crippen molar-refractivity contribution >= 4 is 0 Å². The molecule has 0 amide bonds. The summed E-state index contributed by atoms with van der Waals surface area (Å²) in [6.07, 6.45) is 3.31. The lowest BCUT2D eigenvalue weighted by Gasteiger charge is -2.16. The molecule has 0 bridgehead atoms. The molecule has 0 saturated carbocycles. The van der Waals surface area contributed by atoms with Gasteiger partial charge in [-0.25, -0.2) is 0 Å². The van der Waals surface area contributed by atoms with Gasteiger partial charge in [0.1, 0.15) is 11.9 Å². The van der Waals surface area contributed by atoms with Gasteiger partial charge in [-0.15, -0.1) is 0 Å². The largest absolute Gasteiger partial charge is 0.489 e. The van der Waals surface area contributed by atoms with Gasteiger partial charge in [-0.3, -0.25) is 9.88 Å². The van der Waals surface area contributed by atoms with Crippen LogP contribution in [0.25, 0.3) is 0 Å². The molecule has 1 saturated heterocycles. The quantitative estimate of drug-likeness (QED) is 0.852. The second-order valence-electron chi connectivity index (χ2n) is 5.40. The van der Waals surface area contributed by atoms with Crippen LogP contribution in [0.5, 0.6) is 5.75 Å². The Labute approximate surface area is 120 Å². The number of nitrogens with zero attached hydrogens (tertiary/aromatic N) is 2. The van der Waals surface area contributed by atoms with Gasteiger partial charge in [-0.05, 0) is 37.1 Å². The van der Waals surface area contributed by atoms with Crippen LogP contribution in [0, 0.1) is 6.92 Å². The van der Waals surface area contributed by atoms with Gasteiger partial charge in [0.15, 0.2) is 0 Å². The lowest BCUT2D eigenvalue weighted by atomic mass is 10.2. The average molecular weight is 268 g/mol. The molecule has 3 heteroatoms. The van der Waals surface area contributed by atoms with Gasteiger partial charge < -0.3 is 4.74 Å². The van der Waals surface area contributed by atoms with Crippen LogP contribution < -0.4 is 4.74 Å². The van der Waals surface area contributed by atoms with Crippen molar-refractivity contribution in [1.29, 1.82) is 0 Å². The smallest absolute Gasteiger partial charge is 0.119 e. The summed E-state index contributed by atoms with van der Waals surface area (Å²) in [7, 11) is 0. The Hall–Kier alpha value is -1.87. The van der Waals surface area contributed by atoms with E-state index in [2.05, 4.69) is 28.9 Å². The molecule has 20 heavy (non-hydrogen) atoms. The molecule has 1 aliphatic rings. The van der Waals surface area contributed by atoms with Crippen LogP contribution in [0.4, 0.5) is 0 Å². The maximum absolute atomic E-state index is 6.00. The lowest BCUT2D eigenvalue weighted by molar-refractivity contribution is 0.198. The molecule has 1 aromatic carbocycles. The number of aromatic nitrogens is 1. The third kappa shape index (κ3) is 3.36. The fourth-order valence-electron chi connectivity index (χ4n) is 2.55. The van der Waals surface area contributed by atoms with Crippen molar-refractivity contribution in [3.63, 3.8) is 0 Å². The second-order valence-corrected chi connectivity index (χ2v) is 5.40. The van der Waals surface area contributed by atoms with E-state index in [0.29, 0.717) is 6.10 Å². The minimum atomic E-state index is 0.294. The van der Waals surface area contributed by atoms with Crippen molar-refractivity contribution in [3.05, 3.63) is 59.9 Å². The number of pyridine rings is 1. The fourth-order valence-corrected chi connectivity index (χ4v) is 2.55. The van der Waals surface area contributed by atoms with Crippen molar-refractivity contribution < 1.29 is 4.74 Å². The Morgan fingerprint density at radius 2 is 2.05 bits per heavy atom. The van der Waals surface area contributed by atoms with E-state index in [1.54, 1.807) is 0 Å². The molecule has 0 aliphatic carbocycles. The normalized spacial score (nSPS) is 19.1. The van der Waals surface area contributed by atoms with Crippen molar-refractivity contribution in [2.45, 2.75) is 26.0 Å². The number of hydrogen-bond acceptors (Lipinski definition) is 3. The van der Waals surface area contributed by atoms with Gasteiger partial charge in [0.2, 0.25) is 0 Å². The first-order valence-corrected chi connectivity index (χ1v) is 7.15. The van der Waals surface area contributed by atoms with Gasteiger partial charge in [0.25, 0.3) is 0 Å². The number of benzene rings is 1. The maximum atomic E-state index is 6.00. The Kier molecular flexibility index (Phi) is 3.97. The van der Waals surface area contributed by atoms with Crippen molar-refractivity contribution in [2.24, 2.45) is 0 Å². The van der Waals surface area contributed by atoms with Crippen LogP contribution in [-0.4, -0.2) is 29.1 Å². The van der Waals surface area contributed by atoms with Crippen LogP contribution >= 0.6 is 0 Å². The molecule has 0 N–H and O–H groups in total. The van der Waals surface area contributed by atoms with E-state index in [4.69, 9.17) is 4.74 Å². The molecule has 1 aromatic heterocycles. The van der Waals surface area contributed by atoms with Gasteiger partial charge in [0.05, 0.1) is 5.69 Å². The first-order chi connectivity index (χ1) is 9.79. The minimum absolute atomic E-state index is 0.294. The van der Waals surface area contributed by atoms with E-state index in [1.165, 1.54) is 5.56 Å². The summed E-state index contributed by atoms with van der Waals surface area (Å²) in [6.45, 7) is 5.03. The second kappa shape index (κ2) is 6.06. The molecule has 3 nitrogen and oxygen atoms in total.